The Bertz CT molecular complexity index is 766. The second kappa shape index (κ2) is 5.89. The van der Waals surface area contributed by atoms with Gasteiger partial charge < -0.3 is 4.52 Å². The van der Waals surface area contributed by atoms with Crippen molar-refractivity contribution >= 4 is 22.7 Å². The molecular weight excluding hydrogens is 291 g/mol. The number of benzene rings is 2. The van der Waals surface area contributed by atoms with Crippen LogP contribution in [0, 0.1) is 5.82 Å². The molecule has 0 fully saturated rings. The van der Waals surface area contributed by atoms with E-state index in [-0.39, 0.29) is 11.7 Å². The van der Waals surface area contributed by atoms with Crippen LogP contribution in [-0.4, -0.2) is 10.1 Å². The Balaban J connectivity index is 1.88. The van der Waals surface area contributed by atoms with Gasteiger partial charge in [-0.15, -0.1) is 0 Å². The third-order valence-corrected chi connectivity index (χ3v) is 3.10. The van der Waals surface area contributed by atoms with Crippen LogP contribution >= 0.6 is 11.6 Å². The van der Waals surface area contributed by atoms with Crippen molar-refractivity contribution in [1.82, 2.24) is 10.1 Å². The van der Waals surface area contributed by atoms with Gasteiger partial charge in [0.15, 0.2) is 0 Å². The zero-order valence-electron chi connectivity index (χ0n) is 10.8. The molecule has 0 N–H and O–H groups in total. The van der Waals surface area contributed by atoms with Crippen LogP contribution in [0.3, 0.4) is 0 Å². The van der Waals surface area contributed by atoms with Crippen LogP contribution in [-0.2, 0) is 0 Å². The van der Waals surface area contributed by atoms with Gasteiger partial charge in [0, 0.05) is 5.56 Å². The van der Waals surface area contributed by atoms with Crippen LogP contribution in [0.2, 0.25) is 0 Å². The van der Waals surface area contributed by atoms with Crippen LogP contribution < -0.4 is 0 Å². The van der Waals surface area contributed by atoms with Crippen LogP contribution in [0.15, 0.2) is 59.1 Å². The fraction of sp³-hybridized carbons (Fsp3) is 0. The van der Waals surface area contributed by atoms with Crippen molar-refractivity contribution in [1.29, 1.82) is 0 Å². The first-order valence-corrected chi connectivity index (χ1v) is 6.62. The van der Waals surface area contributed by atoms with Gasteiger partial charge in [0.2, 0.25) is 5.82 Å². The highest BCUT2D eigenvalue weighted by Gasteiger charge is 2.11. The van der Waals surface area contributed by atoms with E-state index in [0.717, 1.165) is 5.56 Å². The van der Waals surface area contributed by atoms with E-state index < -0.39 is 0 Å². The second-order valence-corrected chi connectivity index (χ2v) is 4.74. The Morgan fingerprint density at radius 2 is 1.76 bits per heavy atom. The zero-order chi connectivity index (χ0) is 14.7. The molecule has 0 spiro atoms. The molecule has 21 heavy (non-hydrogen) atoms. The van der Waals surface area contributed by atoms with E-state index in [4.69, 9.17) is 16.1 Å². The monoisotopic (exact) mass is 300 g/mol. The molecule has 3 aromatic rings. The molecule has 0 bridgehead atoms. The standard InChI is InChI=1S/C16H10ClFN2O/c17-14(10-11-4-2-1-3-5-11)16-19-15(20-21-16)12-6-8-13(18)9-7-12/h1-10H/b14-10-. The Labute approximate surface area is 125 Å². The number of hydrogen-bond donors (Lipinski definition) is 0. The number of hydrogen-bond acceptors (Lipinski definition) is 3. The molecule has 104 valence electrons. The molecule has 3 rings (SSSR count). The molecule has 1 aromatic heterocycles. The maximum atomic E-state index is 12.9. The van der Waals surface area contributed by atoms with Crippen molar-refractivity contribution in [3.63, 3.8) is 0 Å². The summed E-state index contributed by atoms with van der Waals surface area (Å²) < 4.78 is 18.0. The molecule has 1 heterocycles. The predicted octanol–water partition coefficient (Wildman–Crippen LogP) is 4.61. The van der Waals surface area contributed by atoms with Gasteiger partial charge in [0.25, 0.3) is 5.89 Å². The summed E-state index contributed by atoms with van der Waals surface area (Å²) in [6.07, 6.45) is 1.74. The summed E-state index contributed by atoms with van der Waals surface area (Å²) in [6.45, 7) is 0. The van der Waals surface area contributed by atoms with Gasteiger partial charge in [-0.05, 0) is 35.9 Å². The average Bonchev–Trinajstić information content (AvgIpc) is 2.99. The molecule has 2 aromatic carbocycles. The Morgan fingerprint density at radius 1 is 1.05 bits per heavy atom. The molecule has 5 heteroatoms. The quantitative estimate of drug-likeness (QED) is 0.709. The smallest absolute Gasteiger partial charge is 0.269 e. The SMILES string of the molecule is Fc1ccc(-c2noc(/C(Cl)=C/c3ccccc3)n2)cc1. The Morgan fingerprint density at radius 3 is 2.48 bits per heavy atom. The van der Waals surface area contributed by atoms with Gasteiger partial charge in [-0.25, -0.2) is 4.39 Å². The van der Waals surface area contributed by atoms with Gasteiger partial charge in [0.1, 0.15) is 10.8 Å². The van der Waals surface area contributed by atoms with Gasteiger partial charge in [-0.2, -0.15) is 4.98 Å². The minimum Gasteiger partial charge on any atom is -0.333 e. The number of aromatic nitrogens is 2. The number of nitrogens with zero attached hydrogens (tertiary/aromatic N) is 2. The van der Waals surface area contributed by atoms with Gasteiger partial charge in [0.05, 0.1) is 0 Å². The van der Waals surface area contributed by atoms with E-state index in [0.29, 0.717) is 16.4 Å². The van der Waals surface area contributed by atoms with Crippen LogP contribution in [0.1, 0.15) is 11.5 Å². The highest BCUT2D eigenvalue weighted by atomic mass is 35.5. The highest BCUT2D eigenvalue weighted by Crippen LogP contribution is 2.23. The summed E-state index contributed by atoms with van der Waals surface area (Å²) in [5, 5.41) is 4.19. The Hall–Kier alpha value is -2.46. The maximum absolute atomic E-state index is 12.9. The molecule has 0 amide bonds. The van der Waals surface area contributed by atoms with Crippen LogP contribution in [0.25, 0.3) is 22.5 Å². The molecule has 3 nitrogen and oxygen atoms in total. The molecule has 0 aliphatic rings. The fourth-order valence-electron chi connectivity index (χ4n) is 1.79. The number of halogens is 2. The van der Waals surface area contributed by atoms with Crippen molar-refractivity contribution in [3.8, 4) is 11.4 Å². The molecular formula is C16H10ClFN2O. The molecule has 0 saturated carbocycles. The van der Waals surface area contributed by atoms with Crippen molar-refractivity contribution in [2.24, 2.45) is 0 Å². The van der Waals surface area contributed by atoms with E-state index in [1.165, 1.54) is 12.1 Å². The topological polar surface area (TPSA) is 38.9 Å². The van der Waals surface area contributed by atoms with E-state index >= 15 is 0 Å². The van der Waals surface area contributed by atoms with Crippen LogP contribution in [0.4, 0.5) is 4.39 Å². The van der Waals surface area contributed by atoms with Gasteiger partial charge in [-0.1, -0.05) is 47.1 Å². The van der Waals surface area contributed by atoms with Crippen LogP contribution in [0.5, 0.6) is 0 Å². The second-order valence-electron chi connectivity index (χ2n) is 4.33. The summed E-state index contributed by atoms with van der Waals surface area (Å²) in [5.41, 5.74) is 1.60. The molecule has 0 aliphatic carbocycles. The van der Waals surface area contributed by atoms with Crippen molar-refractivity contribution in [2.45, 2.75) is 0 Å². The third-order valence-electron chi connectivity index (χ3n) is 2.83. The lowest BCUT2D eigenvalue weighted by atomic mass is 10.2. The highest BCUT2D eigenvalue weighted by molar-refractivity contribution is 6.50. The molecule has 0 saturated heterocycles. The van der Waals surface area contributed by atoms with E-state index in [1.807, 2.05) is 30.3 Å². The summed E-state index contributed by atoms with van der Waals surface area (Å²) in [4.78, 5) is 4.21. The summed E-state index contributed by atoms with van der Waals surface area (Å²) >= 11 is 6.17. The first kappa shape index (κ1) is 13.5. The maximum Gasteiger partial charge on any atom is 0.269 e. The number of rotatable bonds is 3. The predicted molar refractivity (Wildman–Crippen MR) is 79.9 cm³/mol. The first-order valence-electron chi connectivity index (χ1n) is 6.24. The zero-order valence-corrected chi connectivity index (χ0v) is 11.6. The van der Waals surface area contributed by atoms with Crippen molar-refractivity contribution in [2.75, 3.05) is 0 Å². The Kier molecular flexibility index (Phi) is 3.79. The van der Waals surface area contributed by atoms with Gasteiger partial charge in [-0.3, -0.25) is 0 Å². The van der Waals surface area contributed by atoms with E-state index in [2.05, 4.69) is 10.1 Å². The van der Waals surface area contributed by atoms with Crippen molar-refractivity contribution in [3.05, 3.63) is 71.9 Å². The average molecular weight is 301 g/mol. The van der Waals surface area contributed by atoms with Crippen molar-refractivity contribution < 1.29 is 8.91 Å². The van der Waals surface area contributed by atoms with Gasteiger partial charge >= 0.3 is 0 Å². The molecule has 0 radical (unpaired) electrons. The largest absolute Gasteiger partial charge is 0.333 e. The minimum atomic E-state index is -0.315. The molecule has 0 atom stereocenters. The fourth-order valence-corrected chi connectivity index (χ4v) is 2.00. The normalized spacial score (nSPS) is 11.6. The lowest BCUT2D eigenvalue weighted by molar-refractivity contribution is 0.410. The summed E-state index contributed by atoms with van der Waals surface area (Å²) in [7, 11) is 0. The third kappa shape index (κ3) is 3.17. The summed E-state index contributed by atoms with van der Waals surface area (Å²) in [6, 6.07) is 15.4. The first-order chi connectivity index (χ1) is 10.2. The summed E-state index contributed by atoms with van der Waals surface area (Å²) in [5.74, 6) is 0.272. The van der Waals surface area contributed by atoms with E-state index in [1.54, 1.807) is 18.2 Å². The lowest BCUT2D eigenvalue weighted by Crippen LogP contribution is -1.82. The van der Waals surface area contributed by atoms with E-state index in [9.17, 15) is 4.39 Å². The lowest BCUT2D eigenvalue weighted by Gasteiger charge is -1.94. The molecule has 0 aliphatic heterocycles. The molecule has 0 unspecified atom stereocenters. The minimum absolute atomic E-state index is 0.222.